The lowest BCUT2D eigenvalue weighted by molar-refractivity contribution is 0.477. The Morgan fingerprint density at radius 1 is 0.441 bits per heavy atom. The number of anilines is 6. The summed E-state index contributed by atoms with van der Waals surface area (Å²) in [4.78, 5) is 4.29. The van der Waals surface area contributed by atoms with Crippen LogP contribution in [0, 0.1) is 11.6 Å². The molecule has 0 fully saturated rings. The highest BCUT2D eigenvalue weighted by Crippen LogP contribution is 2.49. The molecule has 0 unspecified atom stereocenters. The first-order valence-electron chi connectivity index (χ1n) is 19.3. The van der Waals surface area contributed by atoms with Crippen LogP contribution in [-0.2, 0) is 0 Å². The Balaban J connectivity index is 1.13. The zero-order valence-electron chi connectivity index (χ0n) is 31.3. The van der Waals surface area contributed by atoms with Crippen LogP contribution in [0.5, 0.6) is 5.75 Å². The standard InChI is InChI=1S/C52H32F2N2O2S/c53-33-19-23-35(24-20-33)55(45-16-8-15-43-41-13-4-6-18-48(41)58-52(43)45)38-27-28-49-44(30-38)51-42-14-2-1-12-40(42)46(31-50(51)59-49)56(36-25-21-34(54)22-26-36)37-10-7-9-32(29-37)39-11-3-5-17-47(39)57/h1-31,57H. The van der Waals surface area contributed by atoms with Gasteiger partial charge in [-0.15, -0.1) is 11.3 Å². The van der Waals surface area contributed by atoms with Gasteiger partial charge in [-0.3, -0.25) is 0 Å². The largest absolute Gasteiger partial charge is 0.507 e. The maximum Gasteiger partial charge on any atom is 0.159 e. The van der Waals surface area contributed by atoms with Gasteiger partial charge < -0.3 is 19.3 Å². The Labute approximate surface area is 341 Å². The number of phenolic OH excluding ortho intramolecular Hbond substituents is 1. The van der Waals surface area contributed by atoms with E-state index in [2.05, 4.69) is 70.5 Å². The number of benzene rings is 9. The van der Waals surface area contributed by atoms with E-state index in [0.29, 0.717) is 0 Å². The van der Waals surface area contributed by atoms with Gasteiger partial charge in [0.05, 0.1) is 11.4 Å². The topological polar surface area (TPSA) is 39.9 Å². The van der Waals surface area contributed by atoms with Crippen molar-refractivity contribution in [2.75, 3.05) is 9.80 Å². The third-order valence-electron chi connectivity index (χ3n) is 11.1. The Morgan fingerprint density at radius 3 is 1.81 bits per heavy atom. The first kappa shape index (κ1) is 34.7. The van der Waals surface area contributed by atoms with E-state index < -0.39 is 0 Å². The van der Waals surface area contributed by atoms with E-state index in [9.17, 15) is 13.9 Å². The van der Waals surface area contributed by atoms with Crippen molar-refractivity contribution < 1.29 is 18.3 Å². The lowest BCUT2D eigenvalue weighted by Gasteiger charge is -2.28. The molecule has 0 aliphatic heterocycles. The molecule has 59 heavy (non-hydrogen) atoms. The minimum absolute atomic E-state index is 0.196. The molecule has 0 aliphatic rings. The van der Waals surface area contributed by atoms with E-state index in [1.54, 1.807) is 41.7 Å². The van der Waals surface area contributed by atoms with Gasteiger partial charge >= 0.3 is 0 Å². The van der Waals surface area contributed by atoms with Crippen molar-refractivity contribution in [2.24, 2.45) is 0 Å². The van der Waals surface area contributed by atoms with Crippen LogP contribution in [0.2, 0.25) is 0 Å². The number of phenols is 1. The lowest BCUT2D eigenvalue weighted by Crippen LogP contribution is -2.11. The molecule has 1 N–H and O–H groups in total. The SMILES string of the molecule is Oc1ccccc1-c1cccc(N(c2ccc(F)cc2)c2cc3sc4ccc(N(c5ccc(F)cc5)c5cccc6c5oc5ccccc56)cc4c3c3ccccc23)c1. The number of hydrogen-bond donors (Lipinski definition) is 1. The van der Waals surface area contributed by atoms with Gasteiger partial charge in [-0.05, 0) is 114 Å². The summed E-state index contributed by atoms with van der Waals surface area (Å²) in [7, 11) is 0. The van der Waals surface area contributed by atoms with E-state index in [4.69, 9.17) is 4.42 Å². The summed E-state index contributed by atoms with van der Waals surface area (Å²) in [6, 6.07) is 59.8. The van der Waals surface area contributed by atoms with Crippen molar-refractivity contribution in [3.63, 3.8) is 0 Å². The normalized spacial score (nSPS) is 11.6. The molecule has 0 amide bonds. The minimum atomic E-state index is -0.316. The van der Waals surface area contributed by atoms with E-state index in [1.165, 1.54) is 24.3 Å². The summed E-state index contributed by atoms with van der Waals surface area (Å²) in [5.74, 6) is -0.429. The fourth-order valence-corrected chi connectivity index (χ4v) is 9.54. The van der Waals surface area contributed by atoms with Crippen LogP contribution >= 0.6 is 11.3 Å². The second-order valence-electron chi connectivity index (χ2n) is 14.5. The summed E-state index contributed by atoms with van der Waals surface area (Å²) in [6.45, 7) is 0. The predicted octanol–water partition coefficient (Wildman–Crippen LogP) is 15.7. The zero-order chi connectivity index (χ0) is 39.6. The van der Waals surface area contributed by atoms with Gasteiger partial charge in [-0.25, -0.2) is 8.78 Å². The van der Waals surface area contributed by atoms with Crippen LogP contribution in [0.1, 0.15) is 0 Å². The van der Waals surface area contributed by atoms with Gasteiger partial charge in [0, 0.05) is 64.6 Å². The number of halogens is 2. The van der Waals surface area contributed by atoms with Crippen molar-refractivity contribution in [3.8, 4) is 16.9 Å². The quantitative estimate of drug-likeness (QED) is 0.175. The van der Waals surface area contributed by atoms with E-state index in [0.717, 1.165) is 98.1 Å². The zero-order valence-corrected chi connectivity index (χ0v) is 32.1. The minimum Gasteiger partial charge on any atom is -0.507 e. The Hall–Kier alpha value is -7.48. The lowest BCUT2D eigenvalue weighted by atomic mass is 9.99. The molecule has 282 valence electrons. The molecule has 7 heteroatoms. The van der Waals surface area contributed by atoms with Crippen LogP contribution in [0.3, 0.4) is 0 Å². The van der Waals surface area contributed by atoms with Crippen molar-refractivity contribution in [2.45, 2.75) is 0 Å². The molecule has 4 nitrogen and oxygen atoms in total. The second kappa shape index (κ2) is 13.9. The number of thiophene rings is 1. The first-order chi connectivity index (χ1) is 29.0. The highest BCUT2D eigenvalue weighted by molar-refractivity contribution is 7.26. The van der Waals surface area contributed by atoms with Crippen LogP contribution in [-0.4, -0.2) is 5.11 Å². The average molecular weight is 787 g/mol. The van der Waals surface area contributed by atoms with Gasteiger partial charge in [0.25, 0.3) is 0 Å². The molecule has 11 rings (SSSR count). The van der Waals surface area contributed by atoms with Crippen molar-refractivity contribution >= 4 is 98.3 Å². The molecule has 0 saturated carbocycles. The fourth-order valence-electron chi connectivity index (χ4n) is 8.41. The number of aromatic hydroxyl groups is 1. The molecule has 0 radical (unpaired) electrons. The highest BCUT2D eigenvalue weighted by atomic mass is 32.1. The molecular formula is C52H32F2N2O2S. The Bertz CT molecular complexity index is 3390. The molecule has 2 heterocycles. The average Bonchev–Trinajstić information content (AvgIpc) is 3.84. The monoisotopic (exact) mass is 786 g/mol. The molecule has 0 aliphatic carbocycles. The number of nitrogens with zero attached hydrogens (tertiary/aromatic N) is 2. The number of para-hydroxylation sites is 3. The van der Waals surface area contributed by atoms with Crippen LogP contribution in [0.15, 0.2) is 192 Å². The second-order valence-corrected chi connectivity index (χ2v) is 15.6. The van der Waals surface area contributed by atoms with E-state index in [-0.39, 0.29) is 17.4 Å². The summed E-state index contributed by atoms with van der Waals surface area (Å²) < 4.78 is 37.6. The Morgan fingerprint density at radius 2 is 1.05 bits per heavy atom. The fraction of sp³-hybridized carbons (Fsp3) is 0. The van der Waals surface area contributed by atoms with Gasteiger partial charge in [0.2, 0.25) is 0 Å². The van der Waals surface area contributed by atoms with Crippen molar-refractivity contribution in [3.05, 3.63) is 200 Å². The first-order valence-corrected chi connectivity index (χ1v) is 20.1. The van der Waals surface area contributed by atoms with Crippen LogP contribution < -0.4 is 9.80 Å². The maximum atomic E-state index is 14.4. The summed E-state index contributed by atoms with van der Waals surface area (Å²) in [6.07, 6.45) is 0. The molecule has 11 aromatic rings. The predicted molar refractivity (Wildman–Crippen MR) is 240 cm³/mol. The van der Waals surface area contributed by atoms with Gasteiger partial charge in [-0.2, -0.15) is 0 Å². The van der Waals surface area contributed by atoms with E-state index in [1.807, 2.05) is 72.8 Å². The molecule has 2 aromatic heterocycles. The molecule has 9 aromatic carbocycles. The third-order valence-corrected chi connectivity index (χ3v) is 12.2. The molecule has 0 bridgehead atoms. The molecule has 0 saturated heterocycles. The molecular weight excluding hydrogens is 755 g/mol. The molecule has 0 atom stereocenters. The van der Waals surface area contributed by atoms with Gasteiger partial charge in [-0.1, -0.05) is 84.9 Å². The van der Waals surface area contributed by atoms with Crippen molar-refractivity contribution in [1.29, 1.82) is 0 Å². The highest BCUT2D eigenvalue weighted by Gasteiger charge is 2.23. The summed E-state index contributed by atoms with van der Waals surface area (Å²) in [5.41, 5.74) is 8.26. The maximum absolute atomic E-state index is 14.4. The van der Waals surface area contributed by atoms with E-state index >= 15 is 0 Å². The van der Waals surface area contributed by atoms with Crippen molar-refractivity contribution in [1.82, 2.24) is 0 Å². The summed E-state index contributed by atoms with van der Waals surface area (Å²) >= 11 is 1.72. The number of rotatable bonds is 7. The van der Waals surface area contributed by atoms with Crippen LogP contribution in [0.25, 0.3) is 64.0 Å². The third kappa shape index (κ3) is 5.86. The number of hydrogen-bond acceptors (Lipinski definition) is 5. The summed E-state index contributed by atoms with van der Waals surface area (Å²) in [5, 5.41) is 17.1. The number of fused-ring (bicyclic) bond motifs is 8. The smallest absolute Gasteiger partial charge is 0.159 e. The van der Waals surface area contributed by atoms with Gasteiger partial charge in [0.15, 0.2) is 5.58 Å². The van der Waals surface area contributed by atoms with Crippen LogP contribution in [0.4, 0.5) is 42.9 Å². The Kier molecular flexibility index (Phi) is 8.17. The number of furan rings is 1. The van der Waals surface area contributed by atoms with Gasteiger partial charge in [0.1, 0.15) is 23.0 Å². The molecule has 0 spiro atoms.